The van der Waals surface area contributed by atoms with Gasteiger partial charge >= 0.3 is 0 Å². The number of nitrogens with one attached hydrogen (secondary N) is 1. The van der Waals surface area contributed by atoms with Gasteiger partial charge in [0, 0.05) is 13.6 Å². The van der Waals surface area contributed by atoms with E-state index in [1.807, 2.05) is 30.3 Å². The van der Waals surface area contributed by atoms with Crippen LogP contribution in [0.1, 0.15) is 29.3 Å². The van der Waals surface area contributed by atoms with Gasteiger partial charge in [-0.05, 0) is 30.5 Å². The van der Waals surface area contributed by atoms with Crippen LogP contribution in [0.4, 0.5) is 0 Å². The van der Waals surface area contributed by atoms with Crippen molar-refractivity contribution in [3.63, 3.8) is 0 Å². The van der Waals surface area contributed by atoms with Crippen molar-refractivity contribution in [3.8, 4) is 0 Å². The first-order chi connectivity index (χ1) is 14.8. The molecule has 0 bridgehead atoms. The Morgan fingerprint density at radius 3 is 2.32 bits per heavy atom. The predicted octanol–water partition coefficient (Wildman–Crippen LogP) is 1.43. The molecule has 1 N–H and O–H groups in total. The number of hydrogen-bond acceptors (Lipinski definition) is 5. The zero-order chi connectivity index (χ0) is 22.6. The van der Waals surface area contributed by atoms with E-state index < -0.39 is 34.4 Å². The minimum Gasteiger partial charge on any atom is -0.357 e. The maximum Gasteiger partial charge on any atom is 0.269 e. The van der Waals surface area contributed by atoms with Gasteiger partial charge in [0.05, 0.1) is 5.56 Å². The molecule has 2 aromatic carbocycles. The first-order valence-electron chi connectivity index (χ1n) is 10.0. The number of carbonyl (C=O) groups excluding carboxylic acids is 3. The molecule has 164 valence electrons. The Morgan fingerprint density at radius 2 is 1.71 bits per heavy atom. The molecule has 0 radical (unpaired) electrons. The topological polar surface area (TPSA) is 104 Å². The number of likely N-dealkylation sites (N-methyl/N-ethyl adjacent to an activating group) is 1. The van der Waals surface area contributed by atoms with Crippen molar-refractivity contribution in [2.45, 2.75) is 30.7 Å². The molecule has 1 heterocycles. The van der Waals surface area contributed by atoms with Gasteiger partial charge < -0.3 is 10.2 Å². The van der Waals surface area contributed by atoms with Crippen LogP contribution in [0, 0.1) is 0 Å². The molecule has 1 atom stereocenters. The predicted molar refractivity (Wildman–Crippen MR) is 115 cm³/mol. The number of amides is 3. The summed E-state index contributed by atoms with van der Waals surface area (Å²) in [7, 11) is -2.63. The van der Waals surface area contributed by atoms with Gasteiger partial charge in [-0.1, -0.05) is 49.4 Å². The van der Waals surface area contributed by atoms with Crippen molar-refractivity contribution in [2.24, 2.45) is 0 Å². The van der Waals surface area contributed by atoms with Crippen molar-refractivity contribution in [2.75, 3.05) is 20.1 Å². The molecule has 9 heteroatoms. The fourth-order valence-corrected chi connectivity index (χ4v) is 5.18. The molecular weight excluding hydrogens is 418 g/mol. The lowest BCUT2D eigenvalue weighted by Crippen LogP contribution is -2.52. The SMILES string of the molecule is CC[C@H](C(=O)NC)N(CCc1ccccc1)C(=O)CN1C(=O)c2ccccc2S1(=O)=O. The molecule has 3 amide bonds. The molecule has 0 aliphatic carbocycles. The van der Waals surface area contributed by atoms with Crippen molar-refractivity contribution in [1.29, 1.82) is 0 Å². The lowest BCUT2D eigenvalue weighted by molar-refractivity contribution is -0.140. The van der Waals surface area contributed by atoms with Gasteiger partial charge in [-0.15, -0.1) is 0 Å². The van der Waals surface area contributed by atoms with Crippen LogP contribution in [0.15, 0.2) is 59.5 Å². The lowest BCUT2D eigenvalue weighted by atomic mass is 10.1. The van der Waals surface area contributed by atoms with E-state index in [0.29, 0.717) is 17.1 Å². The first-order valence-corrected chi connectivity index (χ1v) is 11.5. The van der Waals surface area contributed by atoms with Crippen LogP contribution in [-0.2, 0) is 26.0 Å². The molecule has 1 aliphatic heterocycles. The molecule has 1 aliphatic rings. The summed E-state index contributed by atoms with van der Waals surface area (Å²) in [6.45, 7) is 1.33. The summed E-state index contributed by atoms with van der Waals surface area (Å²) in [6, 6.07) is 14.6. The maximum atomic E-state index is 13.2. The van der Waals surface area contributed by atoms with Gasteiger partial charge in [-0.25, -0.2) is 12.7 Å². The Morgan fingerprint density at radius 1 is 1.06 bits per heavy atom. The average molecular weight is 444 g/mol. The number of carbonyl (C=O) groups is 3. The second-order valence-corrected chi connectivity index (χ2v) is 9.00. The monoisotopic (exact) mass is 443 g/mol. The van der Waals surface area contributed by atoms with Crippen LogP contribution in [0.2, 0.25) is 0 Å². The number of benzene rings is 2. The van der Waals surface area contributed by atoms with Crippen LogP contribution in [-0.4, -0.2) is 61.5 Å². The number of fused-ring (bicyclic) bond motifs is 1. The molecular formula is C22H25N3O5S. The van der Waals surface area contributed by atoms with E-state index in [1.54, 1.807) is 13.0 Å². The Balaban J connectivity index is 1.86. The van der Waals surface area contributed by atoms with E-state index >= 15 is 0 Å². The molecule has 3 rings (SSSR count). The van der Waals surface area contributed by atoms with Crippen LogP contribution >= 0.6 is 0 Å². The highest BCUT2D eigenvalue weighted by Gasteiger charge is 2.43. The van der Waals surface area contributed by atoms with E-state index in [2.05, 4.69) is 5.32 Å². The number of nitrogens with zero attached hydrogens (tertiary/aromatic N) is 2. The third-order valence-electron chi connectivity index (χ3n) is 5.31. The molecule has 8 nitrogen and oxygen atoms in total. The largest absolute Gasteiger partial charge is 0.357 e. The van der Waals surface area contributed by atoms with Crippen LogP contribution in [0.3, 0.4) is 0 Å². The van der Waals surface area contributed by atoms with E-state index in [4.69, 9.17) is 0 Å². The minimum absolute atomic E-state index is 0.0458. The van der Waals surface area contributed by atoms with Crippen LogP contribution in [0.5, 0.6) is 0 Å². The van der Waals surface area contributed by atoms with Crippen molar-refractivity contribution in [3.05, 3.63) is 65.7 Å². The minimum atomic E-state index is -4.11. The standard InChI is InChI=1S/C22H25N3O5S/c1-3-18(21(27)23-2)24(14-13-16-9-5-4-6-10-16)20(26)15-25-22(28)17-11-7-8-12-19(17)31(25,29)30/h4-12,18H,3,13-15H2,1-2H3,(H,23,27)/t18-/m1/s1. The average Bonchev–Trinajstić information content (AvgIpc) is 2.97. The Hall–Kier alpha value is -3.20. The van der Waals surface area contributed by atoms with Gasteiger partial charge in [0.1, 0.15) is 17.5 Å². The molecule has 0 spiro atoms. The Labute approximate surface area is 181 Å². The smallest absolute Gasteiger partial charge is 0.269 e. The molecule has 0 aromatic heterocycles. The fourth-order valence-electron chi connectivity index (χ4n) is 3.66. The summed E-state index contributed by atoms with van der Waals surface area (Å²) in [4.78, 5) is 39.5. The van der Waals surface area contributed by atoms with Gasteiger partial charge in [0.15, 0.2) is 0 Å². The molecule has 0 saturated carbocycles. The summed E-state index contributed by atoms with van der Waals surface area (Å²) in [5.41, 5.74) is 1.02. The highest BCUT2D eigenvalue weighted by molar-refractivity contribution is 7.90. The van der Waals surface area contributed by atoms with Crippen molar-refractivity contribution < 1.29 is 22.8 Å². The van der Waals surface area contributed by atoms with Gasteiger partial charge in [-0.3, -0.25) is 14.4 Å². The molecule has 0 unspecified atom stereocenters. The maximum absolute atomic E-state index is 13.2. The van der Waals surface area contributed by atoms with Gasteiger partial charge in [0.25, 0.3) is 15.9 Å². The van der Waals surface area contributed by atoms with Crippen molar-refractivity contribution >= 4 is 27.7 Å². The second-order valence-electron chi connectivity index (χ2n) is 7.17. The fraction of sp³-hybridized carbons (Fsp3) is 0.318. The van der Waals surface area contributed by atoms with E-state index in [0.717, 1.165) is 5.56 Å². The van der Waals surface area contributed by atoms with Gasteiger partial charge in [0.2, 0.25) is 11.8 Å². The first kappa shape index (κ1) is 22.5. The molecule has 2 aromatic rings. The third kappa shape index (κ3) is 4.46. The number of sulfonamides is 1. The highest BCUT2D eigenvalue weighted by Crippen LogP contribution is 2.29. The zero-order valence-electron chi connectivity index (χ0n) is 17.4. The lowest BCUT2D eigenvalue weighted by Gasteiger charge is -2.31. The van der Waals surface area contributed by atoms with E-state index in [9.17, 15) is 22.8 Å². The summed E-state index contributed by atoms with van der Waals surface area (Å²) >= 11 is 0. The Bertz CT molecular complexity index is 1090. The van der Waals surface area contributed by atoms with Crippen molar-refractivity contribution in [1.82, 2.24) is 14.5 Å². The number of hydrogen-bond donors (Lipinski definition) is 1. The summed E-state index contributed by atoms with van der Waals surface area (Å²) in [5, 5.41) is 2.55. The van der Waals surface area contributed by atoms with Gasteiger partial charge in [-0.2, -0.15) is 0 Å². The molecule has 0 saturated heterocycles. The zero-order valence-corrected chi connectivity index (χ0v) is 18.3. The normalized spacial score (nSPS) is 15.3. The molecule has 31 heavy (non-hydrogen) atoms. The van der Waals surface area contributed by atoms with E-state index in [1.165, 1.54) is 30.1 Å². The quantitative estimate of drug-likeness (QED) is 0.665. The summed E-state index contributed by atoms with van der Waals surface area (Å²) in [6.07, 6.45) is 0.835. The van der Waals surface area contributed by atoms with Crippen LogP contribution in [0.25, 0.3) is 0 Å². The summed E-state index contributed by atoms with van der Waals surface area (Å²) in [5.74, 6) is -1.68. The van der Waals surface area contributed by atoms with Crippen LogP contribution < -0.4 is 5.32 Å². The highest BCUT2D eigenvalue weighted by atomic mass is 32.2. The molecule has 0 fully saturated rings. The van der Waals surface area contributed by atoms with E-state index in [-0.39, 0.29) is 22.9 Å². The number of rotatable bonds is 8. The second kappa shape index (κ2) is 9.30. The Kier molecular flexibility index (Phi) is 6.74. The summed E-state index contributed by atoms with van der Waals surface area (Å²) < 4.78 is 26.2. The third-order valence-corrected chi connectivity index (χ3v) is 7.09.